The molecule has 0 aliphatic carbocycles. The summed E-state index contributed by atoms with van der Waals surface area (Å²) in [6.07, 6.45) is 2.18. The summed E-state index contributed by atoms with van der Waals surface area (Å²) >= 11 is 0. The van der Waals surface area contributed by atoms with Gasteiger partial charge in [-0.2, -0.15) is 0 Å². The van der Waals surface area contributed by atoms with Crippen molar-refractivity contribution in [2.75, 3.05) is 13.2 Å². The molecule has 2 aromatic rings. The summed E-state index contributed by atoms with van der Waals surface area (Å²) in [4.78, 5) is 34.9. The Balaban J connectivity index is 1.47. The van der Waals surface area contributed by atoms with Gasteiger partial charge in [-0.25, -0.2) is 9.59 Å². The monoisotopic (exact) mass is 384 g/mol. The Kier molecular flexibility index (Phi) is 9.27. The van der Waals surface area contributed by atoms with Crippen molar-refractivity contribution in [3.63, 3.8) is 0 Å². The first-order valence-corrected chi connectivity index (χ1v) is 9.22. The van der Waals surface area contributed by atoms with E-state index in [4.69, 9.17) is 14.2 Å². The number of unbranched alkanes of at least 4 members (excludes halogenated alkanes) is 2. The molecule has 0 N–H and O–H groups in total. The first-order chi connectivity index (χ1) is 13.6. The van der Waals surface area contributed by atoms with Crippen molar-refractivity contribution in [2.45, 2.75) is 32.3 Å². The largest absolute Gasteiger partial charge is 0.462 e. The minimum Gasteiger partial charge on any atom is -0.462 e. The smallest absolute Gasteiger partial charge is 0.344 e. The van der Waals surface area contributed by atoms with E-state index in [-0.39, 0.29) is 25.6 Å². The van der Waals surface area contributed by atoms with Crippen molar-refractivity contribution in [1.82, 2.24) is 0 Å². The van der Waals surface area contributed by atoms with Gasteiger partial charge in [0.05, 0.1) is 12.2 Å². The van der Waals surface area contributed by atoms with Crippen LogP contribution in [0.3, 0.4) is 0 Å². The second-order valence-electron chi connectivity index (χ2n) is 6.12. The van der Waals surface area contributed by atoms with Gasteiger partial charge in [0.15, 0.2) is 6.61 Å². The van der Waals surface area contributed by atoms with E-state index in [1.165, 1.54) is 0 Å². The highest BCUT2D eigenvalue weighted by molar-refractivity contribution is 5.89. The van der Waals surface area contributed by atoms with Gasteiger partial charge in [-0.05, 0) is 37.0 Å². The van der Waals surface area contributed by atoms with Crippen molar-refractivity contribution in [1.29, 1.82) is 0 Å². The predicted octanol–water partition coefficient (Wildman–Crippen LogP) is 3.69. The van der Waals surface area contributed by atoms with Crippen molar-refractivity contribution in [3.05, 3.63) is 71.8 Å². The number of carbonyl (C=O) groups is 3. The molecule has 0 heterocycles. The second-order valence-corrected chi connectivity index (χ2v) is 6.12. The normalized spacial score (nSPS) is 10.1. The highest BCUT2D eigenvalue weighted by Crippen LogP contribution is 2.05. The first kappa shape index (κ1) is 21.2. The van der Waals surface area contributed by atoms with Crippen LogP contribution in [0.2, 0.25) is 0 Å². The Bertz CT molecular complexity index is 742. The molecule has 0 fully saturated rings. The first-order valence-electron chi connectivity index (χ1n) is 9.22. The van der Waals surface area contributed by atoms with Crippen LogP contribution in [0.25, 0.3) is 0 Å². The number of ether oxygens (including phenoxy) is 3. The average Bonchev–Trinajstić information content (AvgIpc) is 2.74. The maximum atomic E-state index is 11.7. The zero-order chi connectivity index (χ0) is 20.0. The minimum atomic E-state index is -0.579. The molecular weight excluding hydrogens is 360 g/mol. The third kappa shape index (κ3) is 8.49. The van der Waals surface area contributed by atoms with E-state index in [0.29, 0.717) is 25.0 Å². The molecule has 0 atom stereocenters. The number of carbonyl (C=O) groups excluding carboxylic acids is 3. The summed E-state index contributed by atoms with van der Waals surface area (Å²) in [5.41, 5.74) is 1.39. The highest BCUT2D eigenvalue weighted by atomic mass is 16.6. The van der Waals surface area contributed by atoms with Gasteiger partial charge in [-0.1, -0.05) is 48.5 Å². The zero-order valence-corrected chi connectivity index (χ0v) is 15.7. The van der Waals surface area contributed by atoms with Crippen molar-refractivity contribution in [3.8, 4) is 0 Å². The summed E-state index contributed by atoms with van der Waals surface area (Å²) in [5, 5.41) is 0. The highest BCUT2D eigenvalue weighted by Gasteiger charge is 2.09. The number of esters is 3. The summed E-state index contributed by atoms with van der Waals surface area (Å²) in [6.45, 7) is 0.0634. The van der Waals surface area contributed by atoms with Crippen LogP contribution in [0.5, 0.6) is 0 Å². The van der Waals surface area contributed by atoms with Crippen molar-refractivity contribution >= 4 is 17.9 Å². The van der Waals surface area contributed by atoms with E-state index in [9.17, 15) is 14.4 Å². The molecule has 0 saturated heterocycles. The zero-order valence-electron chi connectivity index (χ0n) is 15.7. The molecular formula is C22H24O6. The summed E-state index contributed by atoms with van der Waals surface area (Å²) in [6, 6.07) is 18.1. The lowest BCUT2D eigenvalue weighted by Gasteiger charge is -2.07. The Morgan fingerprint density at radius 2 is 1.36 bits per heavy atom. The summed E-state index contributed by atoms with van der Waals surface area (Å²) in [5.74, 6) is -1.38. The van der Waals surface area contributed by atoms with Crippen molar-refractivity contribution < 1.29 is 28.6 Å². The van der Waals surface area contributed by atoms with Crippen LogP contribution in [0.15, 0.2) is 60.7 Å². The molecule has 0 radical (unpaired) electrons. The fraction of sp³-hybridized carbons (Fsp3) is 0.318. The number of hydrogen-bond donors (Lipinski definition) is 0. The van der Waals surface area contributed by atoms with E-state index in [1.54, 1.807) is 24.3 Å². The molecule has 0 amide bonds. The predicted molar refractivity (Wildman–Crippen MR) is 102 cm³/mol. The van der Waals surface area contributed by atoms with Gasteiger partial charge in [0.25, 0.3) is 0 Å². The van der Waals surface area contributed by atoms with E-state index in [0.717, 1.165) is 12.0 Å². The van der Waals surface area contributed by atoms with Gasteiger partial charge in [-0.3, -0.25) is 4.79 Å². The number of rotatable bonds is 11. The Hall–Kier alpha value is -3.15. The maximum Gasteiger partial charge on any atom is 0.344 e. The third-order valence-corrected chi connectivity index (χ3v) is 3.86. The van der Waals surface area contributed by atoms with Gasteiger partial charge in [0.2, 0.25) is 0 Å². The van der Waals surface area contributed by atoms with E-state index in [2.05, 4.69) is 0 Å². The molecule has 0 aliphatic heterocycles. The SMILES string of the molecule is O=C(CCCCCOC(=O)c1ccccc1)OCC(=O)OCc1ccccc1. The Morgan fingerprint density at radius 3 is 2.07 bits per heavy atom. The molecule has 148 valence electrons. The van der Waals surface area contributed by atoms with Gasteiger partial charge < -0.3 is 14.2 Å². The summed E-state index contributed by atoms with van der Waals surface area (Å²) < 4.78 is 15.1. The van der Waals surface area contributed by atoms with Crippen LogP contribution >= 0.6 is 0 Å². The average molecular weight is 384 g/mol. The van der Waals surface area contributed by atoms with Gasteiger partial charge in [0, 0.05) is 6.42 Å². The lowest BCUT2D eigenvalue weighted by molar-refractivity contribution is -0.159. The molecule has 0 bridgehead atoms. The molecule has 28 heavy (non-hydrogen) atoms. The fourth-order valence-electron chi connectivity index (χ4n) is 2.36. The van der Waals surface area contributed by atoms with Crippen LogP contribution in [0.4, 0.5) is 0 Å². The van der Waals surface area contributed by atoms with Gasteiger partial charge in [0.1, 0.15) is 6.61 Å². The molecule has 6 nitrogen and oxygen atoms in total. The Labute approximate surface area is 164 Å². The van der Waals surface area contributed by atoms with Crippen LogP contribution in [0.1, 0.15) is 41.6 Å². The fourth-order valence-corrected chi connectivity index (χ4v) is 2.36. The second kappa shape index (κ2) is 12.3. The minimum absolute atomic E-state index is 0.152. The van der Waals surface area contributed by atoms with E-state index in [1.807, 2.05) is 36.4 Å². The van der Waals surface area contributed by atoms with Crippen LogP contribution in [-0.2, 0) is 30.4 Å². The van der Waals surface area contributed by atoms with Crippen molar-refractivity contribution in [2.24, 2.45) is 0 Å². The van der Waals surface area contributed by atoms with Crippen LogP contribution in [0, 0.1) is 0 Å². The van der Waals surface area contributed by atoms with Gasteiger partial charge in [-0.15, -0.1) is 0 Å². The molecule has 0 aliphatic rings. The quantitative estimate of drug-likeness (QED) is 0.334. The lowest BCUT2D eigenvalue weighted by Crippen LogP contribution is -2.16. The van der Waals surface area contributed by atoms with Crippen LogP contribution in [-0.4, -0.2) is 31.1 Å². The van der Waals surface area contributed by atoms with Crippen LogP contribution < -0.4 is 0 Å². The third-order valence-electron chi connectivity index (χ3n) is 3.86. The lowest BCUT2D eigenvalue weighted by atomic mass is 10.2. The molecule has 0 unspecified atom stereocenters. The molecule has 0 aromatic heterocycles. The van der Waals surface area contributed by atoms with Gasteiger partial charge >= 0.3 is 17.9 Å². The summed E-state index contributed by atoms with van der Waals surface area (Å²) in [7, 11) is 0. The number of benzene rings is 2. The molecule has 0 saturated carbocycles. The van der Waals surface area contributed by atoms with E-state index >= 15 is 0 Å². The standard InChI is InChI=1S/C22H24O6/c23-20(28-17-21(24)27-16-18-10-4-1-5-11-18)14-8-3-9-15-26-22(25)19-12-6-2-7-13-19/h1-2,4-7,10-13H,3,8-9,14-17H2. The Morgan fingerprint density at radius 1 is 0.679 bits per heavy atom. The maximum absolute atomic E-state index is 11.7. The molecule has 2 rings (SSSR count). The molecule has 2 aromatic carbocycles. The molecule has 0 spiro atoms. The molecule has 6 heteroatoms. The van der Waals surface area contributed by atoms with E-state index < -0.39 is 11.9 Å². The topological polar surface area (TPSA) is 78.9 Å². The number of hydrogen-bond acceptors (Lipinski definition) is 6.